The standard InChI is InChI=1S/2Al.2Li.3O.2P.2H/q2*+3;;;3*-2;;;;. The molecule has 9 heteroatoms. The van der Waals surface area contributed by atoms with Gasteiger partial charge in [-0.15, -0.1) is 0 Å². The monoisotopic (exact) mass is 180 g/mol. The molecule has 0 fully saturated rings. The summed E-state index contributed by atoms with van der Waals surface area (Å²) in [7, 11) is 0. The molecule has 0 spiro atoms. The fourth-order valence-corrected chi connectivity index (χ4v) is 0. The van der Waals surface area contributed by atoms with Crippen LogP contribution in [0, 0.1) is 0 Å². The van der Waals surface area contributed by atoms with Gasteiger partial charge in [0.25, 0.3) is 0 Å². The Morgan fingerprint density at radius 1 is 0.444 bits per heavy atom. The van der Waals surface area contributed by atoms with E-state index in [1.165, 1.54) is 0 Å². The third kappa shape index (κ3) is 99.0. The molecule has 0 aliphatic carbocycles. The van der Waals surface area contributed by atoms with Crippen molar-refractivity contribution < 1.29 is 16.4 Å². The van der Waals surface area contributed by atoms with Crippen LogP contribution in [0.3, 0.4) is 0 Å². The maximum Gasteiger partial charge on any atom is 0 e. The molecular weight excluding hydrogens is 178 g/mol. The van der Waals surface area contributed by atoms with Crippen molar-refractivity contribution in [3.8, 4) is 0 Å². The number of rotatable bonds is 0. The van der Waals surface area contributed by atoms with Crippen LogP contribution < -0.4 is 0 Å². The minimum atomic E-state index is 0. The predicted molar refractivity (Wildman–Crippen MR) is 41.7 cm³/mol. The zero-order valence-electron chi connectivity index (χ0n) is 3.27. The molecule has 0 bridgehead atoms. The van der Waals surface area contributed by atoms with Gasteiger partial charge in [-0.2, -0.15) is 0 Å². The van der Waals surface area contributed by atoms with Gasteiger partial charge < -0.3 is 16.4 Å². The van der Waals surface area contributed by atoms with Crippen LogP contribution in [0.2, 0.25) is 0 Å². The van der Waals surface area contributed by atoms with E-state index in [9.17, 15) is 0 Å². The molecule has 0 aromatic rings. The van der Waals surface area contributed by atoms with Gasteiger partial charge >= 0.3 is 72.4 Å². The fourth-order valence-electron chi connectivity index (χ4n) is 0. The summed E-state index contributed by atoms with van der Waals surface area (Å²) in [4.78, 5) is 0. The molecule has 0 aliphatic rings. The molecule has 0 saturated carbocycles. The first-order valence-electron chi connectivity index (χ1n) is 0. The van der Waals surface area contributed by atoms with Crippen molar-refractivity contribution in [3.63, 3.8) is 0 Å². The normalized spacial score (nSPS) is 0. The van der Waals surface area contributed by atoms with Crippen LogP contribution in [0.1, 0.15) is 0 Å². The molecule has 0 aromatic carbocycles. The first-order chi connectivity index (χ1) is 0. The Balaban J connectivity index is 0. The van der Waals surface area contributed by atoms with Crippen molar-refractivity contribution in [3.05, 3.63) is 0 Å². The van der Waals surface area contributed by atoms with Crippen LogP contribution in [-0.2, 0) is 16.4 Å². The van der Waals surface area contributed by atoms with Crippen LogP contribution in [0.25, 0.3) is 0 Å². The molecule has 0 aliphatic heterocycles. The maximum atomic E-state index is 0. The van der Waals surface area contributed by atoms with Gasteiger partial charge in [0, 0.05) is 19.8 Å². The van der Waals surface area contributed by atoms with Crippen molar-refractivity contribution in [2.24, 2.45) is 0 Å². The van der Waals surface area contributed by atoms with E-state index in [1.54, 1.807) is 0 Å². The Morgan fingerprint density at radius 2 is 0.444 bits per heavy atom. The van der Waals surface area contributed by atoms with E-state index >= 15 is 0 Å². The van der Waals surface area contributed by atoms with E-state index in [4.69, 9.17) is 0 Å². The van der Waals surface area contributed by atoms with Crippen LogP contribution in [0.4, 0.5) is 0 Å². The summed E-state index contributed by atoms with van der Waals surface area (Å²) in [5.74, 6) is 0. The van der Waals surface area contributed by atoms with E-state index in [0.717, 1.165) is 0 Å². The maximum absolute atomic E-state index is 0. The molecule has 0 heterocycles. The molecule has 0 unspecified atom stereocenters. The molecule has 0 amide bonds. The Labute approximate surface area is 108 Å². The van der Waals surface area contributed by atoms with Gasteiger partial charge in [0.15, 0.2) is 0 Å². The first kappa shape index (κ1) is 161. The smallest absolute Gasteiger partial charge is 0 e. The fraction of sp³-hybridized carbons (Fsp3) is 0. The van der Waals surface area contributed by atoms with Crippen LogP contribution in [0.5, 0.6) is 0 Å². The third-order valence-electron chi connectivity index (χ3n) is 0. The Hall–Kier alpha value is 3.00. The average Bonchev–Trinajstić information content (AvgIpc) is 0. The Kier molecular flexibility index (Phi) is 2190. The van der Waals surface area contributed by atoms with Gasteiger partial charge in [0.1, 0.15) is 0 Å². The van der Waals surface area contributed by atoms with Crippen molar-refractivity contribution in [1.82, 2.24) is 0 Å². The summed E-state index contributed by atoms with van der Waals surface area (Å²) in [6.45, 7) is 0. The van der Waals surface area contributed by atoms with E-state index in [-0.39, 0.29) is 109 Å². The van der Waals surface area contributed by atoms with Crippen LogP contribution in [0.15, 0.2) is 0 Å². The summed E-state index contributed by atoms with van der Waals surface area (Å²) in [6, 6.07) is 0. The second-order valence-electron chi connectivity index (χ2n) is 0. The molecule has 9 heavy (non-hydrogen) atoms. The molecule has 0 aromatic heterocycles. The third-order valence-corrected chi connectivity index (χ3v) is 0. The molecule has 0 saturated heterocycles. The Bertz CT molecular complexity index is 17.8. The van der Waals surface area contributed by atoms with Gasteiger partial charge in [-0.3, -0.25) is 0 Å². The van der Waals surface area contributed by atoms with Gasteiger partial charge in [-0.1, -0.05) is 0 Å². The number of hydrogen-bond donors (Lipinski definition) is 0. The second-order valence-corrected chi connectivity index (χ2v) is 0. The minimum Gasteiger partial charge on any atom is -2.00 e. The predicted octanol–water partition coefficient (Wildman–Crippen LogP) is -0.693. The van der Waals surface area contributed by atoms with Gasteiger partial charge in [-0.25, -0.2) is 0 Å². The van der Waals surface area contributed by atoms with E-state index in [1.807, 2.05) is 0 Å². The average molecular weight is 180 g/mol. The summed E-state index contributed by atoms with van der Waals surface area (Å²) < 4.78 is 0. The van der Waals surface area contributed by atoms with Crippen molar-refractivity contribution in [2.45, 2.75) is 0 Å². The zero-order chi connectivity index (χ0) is 0. The Morgan fingerprint density at radius 3 is 0.444 bits per heavy atom. The quantitative estimate of drug-likeness (QED) is 0.348. The second kappa shape index (κ2) is 122. The molecule has 0 atom stereocenters. The molecule has 0 N–H and O–H groups in total. The summed E-state index contributed by atoms with van der Waals surface area (Å²) >= 11 is 0. The molecular formula is H2Al2Li2O3P2. The van der Waals surface area contributed by atoms with Crippen molar-refractivity contribution in [2.75, 3.05) is 0 Å². The molecule has 3 nitrogen and oxygen atoms in total. The van der Waals surface area contributed by atoms with Crippen molar-refractivity contribution in [1.29, 1.82) is 0 Å². The van der Waals surface area contributed by atoms with Gasteiger partial charge in [-0.05, 0) is 0 Å². The zero-order valence-corrected chi connectivity index (χ0v) is 7.37. The first-order valence-corrected chi connectivity index (χ1v) is 0. The molecule has 0 rings (SSSR count). The molecule has 38 valence electrons. The minimum absolute atomic E-state index is 0. The largest absolute Gasteiger partial charge is 2.00 e. The van der Waals surface area contributed by atoms with E-state index in [2.05, 4.69) is 0 Å². The SMILES string of the molecule is [Al+3].[Al+3].[LiH].[LiH].[O-2].[O-2].[O-2].[P].[P]. The van der Waals surface area contributed by atoms with Crippen LogP contribution >= 0.6 is 19.8 Å². The van der Waals surface area contributed by atoms with Crippen molar-refractivity contribution >= 4 is 92.2 Å². The van der Waals surface area contributed by atoms with Crippen LogP contribution in [-0.4, -0.2) is 72.4 Å². The summed E-state index contributed by atoms with van der Waals surface area (Å²) in [5, 5.41) is 0. The van der Waals surface area contributed by atoms with Gasteiger partial charge in [0.05, 0.1) is 0 Å². The molecule has 6 radical (unpaired) electrons. The summed E-state index contributed by atoms with van der Waals surface area (Å²) in [5.41, 5.74) is 0. The van der Waals surface area contributed by atoms with Gasteiger partial charge in [0.2, 0.25) is 0 Å². The number of hydrogen-bond acceptors (Lipinski definition) is 0. The van der Waals surface area contributed by atoms with E-state index in [0.29, 0.717) is 0 Å². The topological polar surface area (TPSA) is 85.5 Å². The summed E-state index contributed by atoms with van der Waals surface area (Å²) in [6.07, 6.45) is 0. The van der Waals surface area contributed by atoms with E-state index < -0.39 is 0 Å².